The van der Waals surface area contributed by atoms with E-state index in [9.17, 15) is 31.1 Å². The maximum atomic E-state index is 12.2. The van der Waals surface area contributed by atoms with Gasteiger partial charge in [0.15, 0.2) is 0 Å². The molecule has 8 nitrogen and oxygen atoms in total. The first-order valence-corrected chi connectivity index (χ1v) is 11.2. The second-order valence-corrected chi connectivity index (χ2v) is 9.04. The molecule has 0 aliphatic heterocycles. The van der Waals surface area contributed by atoms with Crippen LogP contribution >= 0.6 is 0 Å². The van der Waals surface area contributed by atoms with Gasteiger partial charge in [-0.1, -0.05) is 0 Å². The van der Waals surface area contributed by atoms with Crippen LogP contribution in [0.5, 0.6) is 0 Å². The van der Waals surface area contributed by atoms with Crippen molar-refractivity contribution in [3.05, 3.63) is 11.8 Å². The Bertz CT molecular complexity index is 827. The molecule has 14 heteroatoms. The highest BCUT2D eigenvalue weighted by Crippen LogP contribution is 2.42. The minimum Gasteiger partial charge on any atom is -0.425 e. The Balaban J connectivity index is 1.11. The van der Waals surface area contributed by atoms with Crippen molar-refractivity contribution in [2.24, 2.45) is 0 Å². The Kier molecular flexibility index (Phi) is 7.38. The fourth-order valence-corrected chi connectivity index (χ4v) is 4.52. The van der Waals surface area contributed by atoms with Gasteiger partial charge in [0.2, 0.25) is 17.7 Å². The molecule has 34 heavy (non-hydrogen) atoms. The highest BCUT2D eigenvalue weighted by Gasteiger charge is 2.43. The van der Waals surface area contributed by atoms with E-state index in [4.69, 9.17) is 9.15 Å². The summed E-state index contributed by atoms with van der Waals surface area (Å²) in [5.41, 5.74) is 0. The Labute approximate surface area is 190 Å². The number of rotatable bonds is 8. The molecule has 1 aromatic heterocycles. The summed E-state index contributed by atoms with van der Waals surface area (Å²) in [4.78, 5) is 12.1. The molecule has 1 N–H and O–H groups in total. The normalized spacial score (nSPS) is 32.1. The number of hydrogen-bond donors (Lipinski definition) is 1. The maximum Gasteiger partial charge on any atom is 0.522 e. The van der Waals surface area contributed by atoms with Gasteiger partial charge >= 0.3 is 12.7 Å². The second kappa shape index (κ2) is 9.97. The Morgan fingerprint density at radius 3 is 1.91 bits per heavy atom. The molecule has 192 valence electrons. The number of alkyl halides is 6. The molecule has 1 heterocycles. The van der Waals surface area contributed by atoms with Crippen LogP contribution in [-0.2, 0) is 19.0 Å². The fourth-order valence-electron chi connectivity index (χ4n) is 4.52. The highest BCUT2D eigenvalue weighted by atomic mass is 19.4. The van der Waals surface area contributed by atoms with E-state index in [2.05, 4.69) is 25.0 Å². The molecular weight excluding hydrogens is 476 g/mol. The monoisotopic (exact) mass is 501 g/mol. The molecule has 0 saturated heterocycles. The minimum atomic E-state index is -4.67. The molecule has 3 aliphatic rings. The van der Waals surface area contributed by atoms with Crippen LogP contribution in [0.1, 0.15) is 75.0 Å². The molecule has 4 rings (SSSR count). The summed E-state index contributed by atoms with van der Waals surface area (Å²) in [5.74, 6) is 0.209. The number of carbonyl (C=O) groups is 1. The van der Waals surface area contributed by atoms with E-state index >= 15 is 0 Å². The van der Waals surface area contributed by atoms with Crippen molar-refractivity contribution in [3.63, 3.8) is 0 Å². The molecule has 1 aromatic rings. The van der Waals surface area contributed by atoms with Crippen molar-refractivity contribution >= 4 is 5.91 Å². The van der Waals surface area contributed by atoms with Crippen LogP contribution in [0.2, 0.25) is 0 Å². The molecule has 0 unspecified atom stereocenters. The number of nitrogens with one attached hydrogen (secondary N) is 1. The predicted octanol–water partition coefficient (Wildman–Crippen LogP) is 4.08. The molecule has 0 aromatic carbocycles. The predicted molar refractivity (Wildman–Crippen MR) is 100 cm³/mol. The van der Waals surface area contributed by atoms with Crippen molar-refractivity contribution in [1.82, 2.24) is 15.5 Å². The lowest BCUT2D eigenvalue weighted by atomic mass is 9.82. The largest absolute Gasteiger partial charge is 0.522 e. The summed E-state index contributed by atoms with van der Waals surface area (Å²) in [5, 5.41) is 10.9. The van der Waals surface area contributed by atoms with Gasteiger partial charge in [0.05, 0.1) is 18.3 Å². The summed E-state index contributed by atoms with van der Waals surface area (Å²) in [6.45, 7) is -0.225. The summed E-state index contributed by atoms with van der Waals surface area (Å²) in [7, 11) is 0. The summed E-state index contributed by atoms with van der Waals surface area (Å²) in [6, 6.07) is -0.0654. The number of carbonyl (C=O) groups excluding carboxylic acids is 1. The van der Waals surface area contributed by atoms with Crippen LogP contribution in [0.25, 0.3) is 0 Å². The van der Waals surface area contributed by atoms with Crippen LogP contribution in [-0.4, -0.2) is 59.8 Å². The Morgan fingerprint density at radius 1 is 0.824 bits per heavy atom. The fraction of sp³-hybridized carbons (Fsp3) is 0.850. The standard InChI is InChI=1S/C20H25F6N3O5/c21-19(22,23)33-14-5-11(6-14)18-29-28-17(32-18)10-1-3-12(4-2-10)27-16(30)9-31-13-7-15(8-13)34-20(24,25)26/h10-15H,1-9H2,(H,27,30)/t10?,11-,12?,13?,14+,15?. The van der Waals surface area contributed by atoms with Crippen molar-refractivity contribution in [3.8, 4) is 0 Å². The third-order valence-corrected chi connectivity index (χ3v) is 6.44. The number of halogens is 6. The van der Waals surface area contributed by atoms with E-state index in [-0.39, 0.29) is 56.1 Å². The quantitative estimate of drug-likeness (QED) is 0.537. The lowest BCUT2D eigenvalue weighted by Gasteiger charge is -2.35. The summed E-state index contributed by atoms with van der Waals surface area (Å²) < 4.78 is 91.9. The number of hydrogen-bond acceptors (Lipinski definition) is 7. The Hall–Kier alpha value is -1.93. The van der Waals surface area contributed by atoms with Gasteiger partial charge in [-0.15, -0.1) is 36.5 Å². The van der Waals surface area contributed by atoms with E-state index in [0.29, 0.717) is 37.5 Å². The SMILES string of the molecule is O=C(COC1CC(OC(F)(F)F)C1)NC1CCC(c2nnc([C@H]3C[C@@H](OC(F)(F)F)C3)o2)CC1. The molecule has 0 spiro atoms. The van der Waals surface area contributed by atoms with Gasteiger partial charge in [0.25, 0.3) is 0 Å². The van der Waals surface area contributed by atoms with E-state index in [1.165, 1.54) is 0 Å². The van der Waals surface area contributed by atoms with Gasteiger partial charge in [-0.2, -0.15) is 0 Å². The highest BCUT2D eigenvalue weighted by molar-refractivity contribution is 5.77. The zero-order valence-electron chi connectivity index (χ0n) is 18.0. The van der Waals surface area contributed by atoms with Gasteiger partial charge in [0.1, 0.15) is 6.61 Å². The molecule has 0 radical (unpaired) electrons. The van der Waals surface area contributed by atoms with E-state index in [1.54, 1.807) is 0 Å². The molecule has 0 bridgehead atoms. The average Bonchev–Trinajstić information content (AvgIpc) is 3.14. The lowest BCUT2D eigenvalue weighted by Crippen LogP contribution is -2.44. The number of amides is 1. The van der Waals surface area contributed by atoms with Crippen LogP contribution < -0.4 is 5.32 Å². The molecule has 0 atom stereocenters. The van der Waals surface area contributed by atoms with Crippen molar-refractivity contribution < 1.29 is 49.8 Å². The molecule has 3 saturated carbocycles. The van der Waals surface area contributed by atoms with E-state index in [1.807, 2.05) is 0 Å². The number of nitrogens with zero attached hydrogens (tertiary/aromatic N) is 2. The molecular formula is C20H25F6N3O5. The maximum absolute atomic E-state index is 12.2. The Morgan fingerprint density at radius 2 is 1.35 bits per heavy atom. The summed E-state index contributed by atoms with van der Waals surface area (Å²) in [6.07, 6.45) is -8.27. The topological polar surface area (TPSA) is 95.7 Å². The van der Waals surface area contributed by atoms with Gasteiger partial charge < -0.3 is 14.5 Å². The number of aromatic nitrogens is 2. The first-order chi connectivity index (χ1) is 15.9. The van der Waals surface area contributed by atoms with E-state index < -0.39 is 31.0 Å². The molecule has 3 aliphatic carbocycles. The second-order valence-electron chi connectivity index (χ2n) is 9.04. The van der Waals surface area contributed by atoms with Gasteiger partial charge in [0, 0.05) is 30.7 Å². The van der Waals surface area contributed by atoms with Gasteiger partial charge in [-0.25, -0.2) is 0 Å². The van der Waals surface area contributed by atoms with Crippen molar-refractivity contribution in [2.75, 3.05) is 6.61 Å². The van der Waals surface area contributed by atoms with Crippen molar-refractivity contribution in [2.45, 2.75) is 100 Å². The first kappa shape index (κ1) is 25.2. The smallest absolute Gasteiger partial charge is 0.425 e. The van der Waals surface area contributed by atoms with Gasteiger partial charge in [-0.05, 0) is 38.5 Å². The zero-order valence-corrected chi connectivity index (χ0v) is 18.0. The number of ether oxygens (including phenoxy) is 3. The molecule has 3 fully saturated rings. The van der Waals surface area contributed by atoms with Crippen LogP contribution in [0.3, 0.4) is 0 Å². The lowest BCUT2D eigenvalue weighted by molar-refractivity contribution is -0.357. The first-order valence-electron chi connectivity index (χ1n) is 11.2. The molecule has 1 amide bonds. The third-order valence-electron chi connectivity index (χ3n) is 6.44. The minimum absolute atomic E-state index is 0.00786. The average molecular weight is 501 g/mol. The van der Waals surface area contributed by atoms with Crippen LogP contribution in [0.15, 0.2) is 4.42 Å². The van der Waals surface area contributed by atoms with E-state index in [0.717, 1.165) is 0 Å². The zero-order chi connectivity index (χ0) is 24.5. The van der Waals surface area contributed by atoms with Gasteiger partial charge in [-0.3, -0.25) is 14.3 Å². The van der Waals surface area contributed by atoms with Crippen LogP contribution in [0, 0.1) is 0 Å². The summed E-state index contributed by atoms with van der Waals surface area (Å²) >= 11 is 0. The third kappa shape index (κ3) is 7.04. The van der Waals surface area contributed by atoms with Crippen molar-refractivity contribution in [1.29, 1.82) is 0 Å². The van der Waals surface area contributed by atoms with Crippen LogP contribution in [0.4, 0.5) is 26.3 Å².